The van der Waals surface area contributed by atoms with E-state index >= 15 is 0 Å². The second-order valence-electron chi connectivity index (χ2n) is 2.99. The summed E-state index contributed by atoms with van der Waals surface area (Å²) >= 11 is 0.177. The lowest BCUT2D eigenvalue weighted by molar-refractivity contribution is 0.361. The van der Waals surface area contributed by atoms with E-state index < -0.39 is 54.5 Å². The molecule has 1 aromatic rings. The zero-order chi connectivity index (χ0) is 14.1. The molecule has 10 heteroatoms. The van der Waals surface area contributed by atoms with Gasteiger partial charge in [0.05, 0.1) is 10.6 Å². The molecule has 0 unspecified atom stereocenters. The summed E-state index contributed by atoms with van der Waals surface area (Å²) in [6, 6.07) is 0. The van der Waals surface area contributed by atoms with Gasteiger partial charge in [0.15, 0.2) is 23.3 Å². The van der Waals surface area contributed by atoms with Crippen molar-refractivity contribution in [3.8, 4) is 0 Å². The minimum atomic E-state index is -3.90. The van der Waals surface area contributed by atoms with E-state index in [1.165, 1.54) is 0 Å². The Balaban J connectivity index is 3.03. The summed E-state index contributed by atoms with van der Waals surface area (Å²) in [5.74, 6) is -11.5. The molecule has 0 saturated heterocycles. The lowest BCUT2D eigenvalue weighted by Crippen LogP contribution is -2.05. The van der Waals surface area contributed by atoms with Gasteiger partial charge in [-0.2, -0.15) is 0 Å². The molecule has 0 bridgehead atoms. The average molecular weight is 327 g/mol. The van der Waals surface area contributed by atoms with E-state index in [1.54, 1.807) is 0 Å². The van der Waals surface area contributed by atoms with E-state index in [-0.39, 0.29) is 11.8 Å². The minimum Gasteiger partial charge on any atom is -0.212 e. The first-order chi connectivity index (χ1) is 8.15. The van der Waals surface area contributed by atoms with Gasteiger partial charge in [-0.25, -0.2) is 30.4 Å². The zero-order valence-electron chi connectivity index (χ0n) is 8.31. The van der Waals surface area contributed by atoms with E-state index in [4.69, 9.17) is 10.7 Å². The molecule has 1 rings (SSSR count). The summed E-state index contributed by atoms with van der Waals surface area (Å²) in [6.07, 6.45) is 0. The van der Waals surface area contributed by atoms with Crippen LogP contribution in [-0.4, -0.2) is 19.9 Å². The summed E-state index contributed by atoms with van der Waals surface area (Å²) in [4.78, 5) is -1.13. The minimum absolute atomic E-state index is 0.177. The number of thioether (sulfide) groups is 1. The maximum Gasteiger partial charge on any atom is 0.233 e. The van der Waals surface area contributed by atoms with Crippen molar-refractivity contribution in [3.63, 3.8) is 0 Å². The second kappa shape index (κ2) is 5.62. The van der Waals surface area contributed by atoms with Crippen molar-refractivity contribution in [1.82, 2.24) is 0 Å². The molecule has 0 spiro atoms. The van der Waals surface area contributed by atoms with Crippen LogP contribution in [0.1, 0.15) is 0 Å². The molecule has 1 aromatic carbocycles. The molecule has 2 nitrogen and oxygen atoms in total. The van der Waals surface area contributed by atoms with Crippen LogP contribution >= 0.6 is 22.4 Å². The molecule has 102 valence electrons. The number of rotatable bonds is 4. The maximum absolute atomic E-state index is 13.1. The highest BCUT2D eigenvalue weighted by Gasteiger charge is 2.26. The normalized spacial score (nSPS) is 11.9. The van der Waals surface area contributed by atoms with Crippen LogP contribution in [0.15, 0.2) is 4.90 Å². The van der Waals surface area contributed by atoms with Crippen LogP contribution in [-0.2, 0) is 9.05 Å². The zero-order valence-corrected chi connectivity index (χ0v) is 10.7. The number of hydrogen-bond donors (Lipinski definition) is 0. The molecule has 0 aliphatic rings. The molecule has 0 aromatic heterocycles. The summed E-state index contributed by atoms with van der Waals surface area (Å²) in [7, 11) is 0.927. The van der Waals surface area contributed by atoms with E-state index in [0.717, 1.165) is 0 Å². The van der Waals surface area contributed by atoms with E-state index in [9.17, 15) is 30.4 Å². The van der Waals surface area contributed by atoms with Crippen LogP contribution in [0.4, 0.5) is 22.0 Å². The van der Waals surface area contributed by atoms with Crippen LogP contribution in [0.25, 0.3) is 0 Å². The highest BCUT2D eigenvalue weighted by atomic mass is 35.7. The van der Waals surface area contributed by atoms with Crippen molar-refractivity contribution in [3.05, 3.63) is 29.1 Å². The van der Waals surface area contributed by atoms with Crippen LogP contribution in [0.5, 0.6) is 0 Å². The van der Waals surface area contributed by atoms with Crippen LogP contribution in [0.3, 0.4) is 0 Å². The molecule has 0 aliphatic heterocycles. The van der Waals surface area contributed by atoms with Crippen molar-refractivity contribution >= 4 is 31.5 Å². The molecule has 0 N–H and O–H groups in total. The summed E-state index contributed by atoms with van der Waals surface area (Å²) < 4.78 is 85.4. The highest BCUT2D eigenvalue weighted by Crippen LogP contribution is 2.30. The number of hydrogen-bond acceptors (Lipinski definition) is 3. The Morgan fingerprint density at radius 3 is 1.67 bits per heavy atom. The Hall–Kier alpha value is -0.540. The summed E-state index contributed by atoms with van der Waals surface area (Å²) in [6.45, 7) is 0. The third-order valence-corrected chi connectivity index (χ3v) is 4.21. The lowest BCUT2D eigenvalue weighted by Gasteiger charge is -2.06. The Bertz CT molecular complexity index is 546. The third-order valence-electron chi connectivity index (χ3n) is 1.74. The predicted octanol–water partition coefficient (Wildman–Crippen LogP) is 3.04. The lowest BCUT2D eigenvalue weighted by atomic mass is 10.3. The molecule has 0 heterocycles. The van der Waals surface area contributed by atoms with Gasteiger partial charge in [0.1, 0.15) is 0 Å². The highest BCUT2D eigenvalue weighted by molar-refractivity contribution is 8.14. The fraction of sp³-hybridized carbons (Fsp3) is 0.250. The SMILES string of the molecule is O=S(=O)(Cl)CCSc1c(F)c(F)c(F)c(F)c1F. The molecule has 0 saturated carbocycles. The van der Waals surface area contributed by atoms with Gasteiger partial charge < -0.3 is 0 Å². The largest absolute Gasteiger partial charge is 0.233 e. The van der Waals surface area contributed by atoms with Gasteiger partial charge >= 0.3 is 0 Å². The molecular weight excluding hydrogens is 323 g/mol. The Morgan fingerprint density at radius 2 is 1.28 bits per heavy atom. The Kier molecular flexibility index (Phi) is 4.84. The number of halogens is 6. The molecule has 18 heavy (non-hydrogen) atoms. The molecule has 0 atom stereocenters. The van der Waals surface area contributed by atoms with Crippen molar-refractivity contribution in [2.75, 3.05) is 11.5 Å². The second-order valence-corrected chi connectivity index (χ2v) is 6.99. The van der Waals surface area contributed by atoms with E-state index in [1.807, 2.05) is 0 Å². The van der Waals surface area contributed by atoms with Gasteiger partial charge in [0.25, 0.3) is 0 Å². The number of benzene rings is 1. The Morgan fingerprint density at radius 1 is 0.889 bits per heavy atom. The molecule has 0 amide bonds. The van der Waals surface area contributed by atoms with Crippen molar-refractivity contribution in [2.45, 2.75) is 4.90 Å². The van der Waals surface area contributed by atoms with Crippen LogP contribution in [0, 0.1) is 29.1 Å². The standard InChI is InChI=1S/C8H4ClF5O2S2/c9-18(15,16)2-1-17-8-6(13)4(11)3(10)5(12)7(8)14/h1-2H2. The van der Waals surface area contributed by atoms with Crippen molar-refractivity contribution < 1.29 is 30.4 Å². The maximum atomic E-state index is 13.1. The molecule has 0 aliphatic carbocycles. The van der Waals surface area contributed by atoms with Gasteiger partial charge in [-0.15, -0.1) is 11.8 Å². The third kappa shape index (κ3) is 3.48. The summed E-state index contributed by atoms with van der Waals surface area (Å²) in [5.41, 5.74) is 0. The fourth-order valence-electron chi connectivity index (χ4n) is 0.955. The van der Waals surface area contributed by atoms with E-state index in [2.05, 4.69) is 0 Å². The van der Waals surface area contributed by atoms with Gasteiger partial charge in [-0.3, -0.25) is 0 Å². The first kappa shape index (κ1) is 15.5. The Labute approximate surface area is 108 Å². The molecule has 0 radical (unpaired) electrons. The molecule has 0 fully saturated rings. The van der Waals surface area contributed by atoms with Gasteiger partial charge in [0, 0.05) is 16.4 Å². The smallest absolute Gasteiger partial charge is 0.212 e. The first-order valence-corrected chi connectivity index (χ1v) is 7.68. The van der Waals surface area contributed by atoms with Crippen molar-refractivity contribution in [1.29, 1.82) is 0 Å². The quantitative estimate of drug-likeness (QED) is 0.280. The van der Waals surface area contributed by atoms with Gasteiger partial charge in [0.2, 0.25) is 14.9 Å². The van der Waals surface area contributed by atoms with Crippen LogP contribution < -0.4 is 0 Å². The average Bonchev–Trinajstić information content (AvgIpc) is 2.27. The topological polar surface area (TPSA) is 34.1 Å². The van der Waals surface area contributed by atoms with Gasteiger partial charge in [-0.05, 0) is 0 Å². The monoisotopic (exact) mass is 326 g/mol. The first-order valence-electron chi connectivity index (χ1n) is 4.21. The molecular formula is C8H4ClF5O2S2. The predicted molar refractivity (Wildman–Crippen MR) is 56.6 cm³/mol. The summed E-state index contributed by atoms with van der Waals surface area (Å²) in [5, 5.41) is 0. The van der Waals surface area contributed by atoms with E-state index in [0.29, 0.717) is 0 Å². The fourth-order valence-corrected chi connectivity index (χ4v) is 3.29. The van der Waals surface area contributed by atoms with Gasteiger partial charge in [-0.1, -0.05) is 0 Å². The van der Waals surface area contributed by atoms with Crippen molar-refractivity contribution in [2.24, 2.45) is 0 Å². The van der Waals surface area contributed by atoms with Crippen LogP contribution in [0.2, 0.25) is 0 Å².